The second-order valence-electron chi connectivity index (χ2n) is 4.44. The van der Waals surface area contributed by atoms with E-state index < -0.39 is 0 Å². The van der Waals surface area contributed by atoms with Gasteiger partial charge in [-0.05, 0) is 30.5 Å². The second-order valence-corrected chi connectivity index (χ2v) is 4.44. The minimum absolute atomic E-state index is 0.110. The smallest absolute Gasteiger partial charge is 0.251 e. The number of carbonyl (C=O) groups excluding carboxylic acids is 1. The van der Waals surface area contributed by atoms with Gasteiger partial charge in [0.25, 0.3) is 5.91 Å². The van der Waals surface area contributed by atoms with Crippen LogP contribution in [0.4, 0.5) is 0 Å². The van der Waals surface area contributed by atoms with Gasteiger partial charge in [0.2, 0.25) is 0 Å². The largest absolute Gasteiger partial charge is 0.504 e. The molecule has 1 rings (SSSR count). The summed E-state index contributed by atoms with van der Waals surface area (Å²) >= 11 is 0. The molecule has 0 spiro atoms. The lowest BCUT2D eigenvalue weighted by Crippen LogP contribution is -2.37. The molecule has 1 unspecified atom stereocenters. The van der Waals surface area contributed by atoms with E-state index in [4.69, 9.17) is 5.11 Å². The minimum atomic E-state index is -0.282. The number of hydrogen-bond acceptors (Lipinski definition) is 3. The van der Waals surface area contributed by atoms with Crippen LogP contribution in [-0.4, -0.2) is 22.2 Å². The predicted octanol–water partition coefficient (Wildman–Crippen LogP) is 2.26. The number of hydrogen-bond donors (Lipinski definition) is 3. The second kappa shape index (κ2) is 5.57. The van der Waals surface area contributed by atoms with Crippen molar-refractivity contribution in [2.75, 3.05) is 0 Å². The molecule has 0 bridgehead atoms. The maximum atomic E-state index is 11.9. The SMILES string of the molecule is CCC(NC(=O)c1ccc(O)c(O)c1)C(C)C. The number of nitrogens with one attached hydrogen (secondary N) is 1. The van der Waals surface area contributed by atoms with Crippen molar-refractivity contribution < 1.29 is 15.0 Å². The van der Waals surface area contributed by atoms with Crippen molar-refractivity contribution in [1.82, 2.24) is 5.32 Å². The van der Waals surface area contributed by atoms with Gasteiger partial charge in [-0.2, -0.15) is 0 Å². The van der Waals surface area contributed by atoms with E-state index in [0.717, 1.165) is 6.42 Å². The van der Waals surface area contributed by atoms with Crippen molar-refractivity contribution in [3.8, 4) is 11.5 Å². The quantitative estimate of drug-likeness (QED) is 0.703. The van der Waals surface area contributed by atoms with Crippen LogP contribution in [0.25, 0.3) is 0 Å². The van der Waals surface area contributed by atoms with E-state index in [2.05, 4.69) is 5.32 Å². The summed E-state index contributed by atoms with van der Waals surface area (Å²) in [6.45, 7) is 6.10. The van der Waals surface area contributed by atoms with Crippen molar-refractivity contribution in [3.63, 3.8) is 0 Å². The first-order chi connectivity index (χ1) is 7.95. The fourth-order valence-electron chi connectivity index (χ4n) is 1.66. The van der Waals surface area contributed by atoms with Crippen LogP contribution in [0.5, 0.6) is 11.5 Å². The number of carbonyl (C=O) groups is 1. The van der Waals surface area contributed by atoms with Gasteiger partial charge in [0, 0.05) is 11.6 Å². The molecular formula is C13H19NO3. The van der Waals surface area contributed by atoms with Gasteiger partial charge < -0.3 is 15.5 Å². The molecule has 0 aliphatic rings. The average molecular weight is 237 g/mol. The molecule has 1 atom stereocenters. The molecule has 4 nitrogen and oxygen atoms in total. The highest BCUT2D eigenvalue weighted by atomic mass is 16.3. The first kappa shape index (κ1) is 13.4. The minimum Gasteiger partial charge on any atom is -0.504 e. The molecule has 94 valence electrons. The van der Waals surface area contributed by atoms with Gasteiger partial charge in [-0.3, -0.25) is 4.79 Å². The molecule has 1 amide bonds. The number of rotatable bonds is 4. The molecule has 0 aliphatic heterocycles. The Balaban J connectivity index is 2.79. The van der Waals surface area contributed by atoms with Gasteiger partial charge in [-0.15, -0.1) is 0 Å². The summed E-state index contributed by atoms with van der Waals surface area (Å²) in [5.41, 5.74) is 0.347. The first-order valence-electron chi connectivity index (χ1n) is 5.78. The van der Waals surface area contributed by atoms with Crippen molar-refractivity contribution in [2.45, 2.75) is 33.2 Å². The zero-order valence-corrected chi connectivity index (χ0v) is 10.4. The summed E-state index contributed by atoms with van der Waals surface area (Å²) in [4.78, 5) is 11.9. The van der Waals surface area contributed by atoms with E-state index in [1.807, 2.05) is 20.8 Å². The van der Waals surface area contributed by atoms with Crippen LogP contribution < -0.4 is 5.32 Å². The third kappa shape index (κ3) is 3.37. The van der Waals surface area contributed by atoms with Crippen molar-refractivity contribution in [2.24, 2.45) is 5.92 Å². The summed E-state index contributed by atoms with van der Waals surface area (Å²) < 4.78 is 0. The standard InChI is InChI=1S/C13H19NO3/c1-4-10(8(2)3)14-13(17)9-5-6-11(15)12(16)7-9/h5-8,10,15-16H,4H2,1-3H3,(H,14,17). The van der Waals surface area contributed by atoms with Gasteiger partial charge in [0.15, 0.2) is 11.5 Å². The van der Waals surface area contributed by atoms with E-state index in [1.165, 1.54) is 18.2 Å². The van der Waals surface area contributed by atoms with E-state index in [-0.39, 0.29) is 23.4 Å². The van der Waals surface area contributed by atoms with Crippen LogP contribution in [0.15, 0.2) is 18.2 Å². The number of aromatic hydroxyl groups is 2. The summed E-state index contributed by atoms with van der Waals surface area (Å²) in [6, 6.07) is 4.16. The first-order valence-corrected chi connectivity index (χ1v) is 5.78. The van der Waals surface area contributed by atoms with E-state index in [9.17, 15) is 9.90 Å². The van der Waals surface area contributed by atoms with Crippen LogP contribution in [0.2, 0.25) is 0 Å². The highest BCUT2D eigenvalue weighted by molar-refractivity contribution is 5.95. The Morgan fingerprint density at radius 1 is 1.29 bits per heavy atom. The number of phenols is 2. The van der Waals surface area contributed by atoms with Gasteiger partial charge >= 0.3 is 0 Å². The van der Waals surface area contributed by atoms with Crippen LogP contribution in [-0.2, 0) is 0 Å². The highest BCUT2D eigenvalue weighted by Gasteiger charge is 2.16. The molecule has 3 N–H and O–H groups in total. The predicted molar refractivity (Wildman–Crippen MR) is 66.2 cm³/mol. The zero-order chi connectivity index (χ0) is 13.0. The lowest BCUT2D eigenvalue weighted by molar-refractivity contribution is 0.0924. The monoisotopic (exact) mass is 237 g/mol. The molecule has 0 aromatic heterocycles. The molecule has 0 saturated carbocycles. The number of amides is 1. The van der Waals surface area contributed by atoms with Gasteiger partial charge in [0.05, 0.1) is 0 Å². The zero-order valence-electron chi connectivity index (χ0n) is 10.4. The molecule has 1 aromatic carbocycles. The fraction of sp³-hybridized carbons (Fsp3) is 0.462. The molecule has 0 aliphatic carbocycles. The van der Waals surface area contributed by atoms with E-state index in [0.29, 0.717) is 11.5 Å². The average Bonchev–Trinajstić information content (AvgIpc) is 2.28. The topological polar surface area (TPSA) is 69.6 Å². The molecular weight excluding hydrogens is 218 g/mol. The van der Waals surface area contributed by atoms with Gasteiger partial charge in [0.1, 0.15) is 0 Å². The Morgan fingerprint density at radius 2 is 1.94 bits per heavy atom. The summed E-state index contributed by atoms with van der Waals surface area (Å²) in [7, 11) is 0. The molecule has 0 heterocycles. The van der Waals surface area contributed by atoms with Crippen LogP contribution in [0, 0.1) is 5.92 Å². The molecule has 17 heavy (non-hydrogen) atoms. The Morgan fingerprint density at radius 3 is 2.41 bits per heavy atom. The summed E-state index contributed by atoms with van der Waals surface area (Å²) in [5, 5.41) is 21.4. The molecule has 0 fully saturated rings. The van der Waals surface area contributed by atoms with Crippen molar-refractivity contribution >= 4 is 5.91 Å². The van der Waals surface area contributed by atoms with Crippen molar-refractivity contribution in [1.29, 1.82) is 0 Å². The lowest BCUT2D eigenvalue weighted by atomic mass is 10.0. The number of benzene rings is 1. The highest BCUT2D eigenvalue weighted by Crippen LogP contribution is 2.24. The Labute approximate surface area is 101 Å². The van der Waals surface area contributed by atoms with Crippen molar-refractivity contribution in [3.05, 3.63) is 23.8 Å². The van der Waals surface area contributed by atoms with Crippen LogP contribution in [0.1, 0.15) is 37.6 Å². The molecule has 0 radical (unpaired) electrons. The Bertz CT molecular complexity index is 402. The molecule has 4 heteroatoms. The third-order valence-corrected chi connectivity index (χ3v) is 2.80. The van der Waals surface area contributed by atoms with Crippen LogP contribution >= 0.6 is 0 Å². The maximum Gasteiger partial charge on any atom is 0.251 e. The van der Waals surface area contributed by atoms with E-state index in [1.54, 1.807) is 0 Å². The summed E-state index contributed by atoms with van der Waals surface area (Å²) in [5.74, 6) is -0.386. The van der Waals surface area contributed by atoms with Gasteiger partial charge in [-0.1, -0.05) is 20.8 Å². The molecule has 0 saturated heterocycles. The fourth-order valence-corrected chi connectivity index (χ4v) is 1.66. The Hall–Kier alpha value is -1.71. The summed E-state index contributed by atoms with van der Waals surface area (Å²) in [6.07, 6.45) is 0.855. The Kier molecular flexibility index (Phi) is 4.37. The maximum absolute atomic E-state index is 11.9. The van der Waals surface area contributed by atoms with Crippen LogP contribution in [0.3, 0.4) is 0 Å². The lowest BCUT2D eigenvalue weighted by Gasteiger charge is -2.20. The molecule has 1 aromatic rings. The van der Waals surface area contributed by atoms with E-state index >= 15 is 0 Å². The normalized spacial score (nSPS) is 12.5. The third-order valence-electron chi connectivity index (χ3n) is 2.80. The number of phenolic OH excluding ortho intramolecular Hbond substituents is 2. The van der Waals surface area contributed by atoms with Gasteiger partial charge in [-0.25, -0.2) is 0 Å².